The van der Waals surface area contributed by atoms with Crippen molar-refractivity contribution in [1.82, 2.24) is 4.98 Å². The minimum absolute atomic E-state index is 0.112. The Morgan fingerprint density at radius 2 is 2.27 bits per heavy atom. The van der Waals surface area contributed by atoms with Gasteiger partial charge in [-0.15, -0.1) is 11.3 Å². The van der Waals surface area contributed by atoms with E-state index in [1.165, 1.54) is 0 Å². The van der Waals surface area contributed by atoms with Gasteiger partial charge in [0.25, 0.3) is 0 Å². The molecule has 0 spiro atoms. The number of aliphatic hydroxyl groups excluding tert-OH is 1. The van der Waals surface area contributed by atoms with Crippen LogP contribution >= 0.6 is 27.3 Å². The summed E-state index contributed by atoms with van der Waals surface area (Å²) < 4.78 is 0.853. The molecular weight excluding hydrogens is 276 g/mol. The van der Waals surface area contributed by atoms with E-state index in [1.807, 2.05) is 5.38 Å². The summed E-state index contributed by atoms with van der Waals surface area (Å²) in [5.74, 6) is 0. The van der Waals surface area contributed by atoms with Crippen LogP contribution in [-0.4, -0.2) is 22.7 Å². The highest BCUT2D eigenvalue weighted by atomic mass is 79.9. The number of hydrogen-bond donors (Lipinski definition) is 2. The van der Waals surface area contributed by atoms with Crippen molar-refractivity contribution < 1.29 is 5.11 Å². The van der Waals surface area contributed by atoms with Crippen LogP contribution < -0.4 is 5.32 Å². The lowest BCUT2D eigenvalue weighted by Gasteiger charge is -2.30. The summed E-state index contributed by atoms with van der Waals surface area (Å²) in [6.45, 7) is 6.66. The molecule has 2 N–H and O–H groups in total. The van der Waals surface area contributed by atoms with Crippen LogP contribution in [0.5, 0.6) is 0 Å². The molecule has 86 valence electrons. The molecule has 1 aromatic rings. The van der Waals surface area contributed by atoms with E-state index in [1.54, 1.807) is 11.3 Å². The average molecular weight is 293 g/mol. The van der Waals surface area contributed by atoms with Crippen LogP contribution in [0.1, 0.15) is 27.2 Å². The number of aliphatic hydroxyl groups is 1. The zero-order valence-corrected chi connectivity index (χ0v) is 11.7. The van der Waals surface area contributed by atoms with Gasteiger partial charge in [-0.3, -0.25) is 0 Å². The third kappa shape index (κ3) is 4.09. The molecule has 1 aromatic heterocycles. The maximum absolute atomic E-state index is 9.02. The molecule has 0 aliphatic rings. The quantitative estimate of drug-likeness (QED) is 0.896. The fraction of sp³-hybridized carbons (Fsp3) is 0.700. The molecule has 1 unspecified atom stereocenters. The van der Waals surface area contributed by atoms with Gasteiger partial charge in [0.05, 0.1) is 0 Å². The molecule has 1 heterocycles. The van der Waals surface area contributed by atoms with Crippen LogP contribution in [0.4, 0.5) is 5.13 Å². The predicted molar refractivity (Wildman–Crippen MR) is 68.4 cm³/mol. The number of nitrogens with zero attached hydrogens (tertiary/aromatic N) is 1. The van der Waals surface area contributed by atoms with Crippen molar-refractivity contribution in [2.24, 2.45) is 5.41 Å². The number of hydrogen-bond acceptors (Lipinski definition) is 4. The van der Waals surface area contributed by atoms with Gasteiger partial charge < -0.3 is 10.4 Å². The molecule has 0 fully saturated rings. The molecule has 1 atom stereocenters. The molecule has 0 amide bonds. The van der Waals surface area contributed by atoms with Crippen LogP contribution in [0, 0.1) is 5.41 Å². The highest BCUT2D eigenvalue weighted by Gasteiger charge is 2.24. The number of halogens is 1. The Labute approximate surface area is 103 Å². The lowest BCUT2D eigenvalue weighted by Crippen LogP contribution is -2.34. The first-order valence-electron chi connectivity index (χ1n) is 4.92. The number of nitrogens with one attached hydrogen (secondary N) is 1. The number of anilines is 1. The maximum atomic E-state index is 9.02. The molecule has 1 rings (SSSR count). The van der Waals surface area contributed by atoms with E-state index < -0.39 is 0 Å². The van der Waals surface area contributed by atoms with Crippen LogP contribution in [0.2, 0.25) is 0 Å². The van der Waals surface area contributed by atoms with Crippen molar-refractivity contribution in [2.45, 2.75) is 33.2 Å². The SMILES string of the molecule is CC(C)(C)C(CCO)Nc1nc(Br)cs1. The standard InChI is InChI=1S/C10H17BrN2OS/c1-10(2,3)7(4-5-14)12-9-13-8(11)6-15-9/h6-7,14H,4-5H2,1-3H3,(H,12,13). The molecule has 3 nitrogen and oxygen atoms in total. The highest BCUT2D eigenvalue weighted by Crippen LogP contribution is 2.27. The van der Waals surface area contributed by atoms with Gasteiger partial charge >= 0.3 is 0 Å². The summed E-state index contributed by atoms with van der Waals surface area (Å²) in [7, 11) is 0. The first kappa shape index (κ1) is 12.9. The van der Waals surface area contributed by atoms with Crippen molar-refractivity contribution in [2.75, 3.05) is 11.9 Å². The van der Waals surface area contributed by atoms with E-state index in [-0.39, 0.29) is 18.1 Å². The van der Waals surface area contributed by atoms with Gasteiger partial charge in [-0.05, 0) is 27.8 Å². The molecule has 0 aliphatic carbocycles. The van der Waals surface area contributed by atoms with E-state index in [0.717, 1.165) is 16.2 Å². The van der Waals surface area contributed by atoms with Gasteiger partial charge in [-0.25, -0.2) is 4.98 Å². The number of rotatable bonds is 4. The van der Waals surface area contributed by atoms with Crippen LogP contribution in [0.15, 0.2) is 9.98 Å². The predicted octanol–water partition coefficient (Wildman–Crippen LogP) is 3.11. The Morgan fingerprint density at radius 3 is 2.67 bits per heavy atom. The normalized spacial score (nSPS) is 13.9. The average Bonchev–Trinajstić information content (AvgIpc) is 2.49. The molecule has 0 aliphatic heterocycles. The van der Waals surface area contributed by atoms with Crippen LogP contribution in [0.25, 0.3) is 0 Å². The van der Waals surface area contributed by atoms with E-state index in [4.69, 9.17) is 5.11 Å². The summed E-state index contributed by atoms with van der Waals surface area (Å²) in [5.41, 5.74) is 0.112. The Kier molecular flexibility index (Phi) is 4.55. The lowest BCUT2D eigenvalue weighted by atomic mass is 9.85. The smallest absolute Gasteiger partial charge is 0.183 e. The Bertz CT molecular complexity index is 309. The van der Waals surface area contributed by atoms with Crippen molar-refractivity contribution in [1.29, 1.82) is 0 Å². The number of aromatic nitrogens is 1. The molecular formula is C10H17BrN2OS. The van der Waals surface area contributed by atoms with E-state index in [9.17, 15) is 0 Å². The van der Waals surface area contributed by atoms with Crippen molar-refractivity contribution in [3.05, 3.63) is 9.98 Å². The van der Waals surface area contributed by atoms with Crippen molar-refractivity contribution in [3.63, 3.8) is 0 Å². The first-order valence-corrected chi connectivity index (χ1v) is 6.59. The second kappa shape index (κ2) is 5.27. The maximum Gasteiger partial charge on any atom is 0.183 e. The Morgan fingerprint density at radius 1 is 1.60 bits per heavy atom. The third-order valence-corrected chi connectivity index (χ3v) is 3.72. The first-order chi connectivity index (χ1) is 6.93. The molecule has 0 saturated carbocycles. The summed E-state index contributed by atoms with van der Waals surface area (Å²) in [5, 5.41) is 15.2. The third-order valence-electron chi connectivity index (χ3n) is 2.24. The van der Waals surface area contributed by atoms with E-state index >= 15 is 0 Å². The zero-order chi connectivity index (χ0) is 11.5. The summed E-state index contributed by atoms with van der Waals surface area (Å²) in [4.78, 5) is 4.29. The zero-order valence-electron chi connectivity index (χ0n) is 9.25. The topological polar surface area (TPSA) is 45.1 Å². The fourth-order valence-electron chi connectivity index (χ4n) is 1.32. The van der Waals surface area contributed by atoms with E-state index in [0.29, 0.717) is 0 Å². The van der Waals surface area contributed by atoms with Gasteiger partial charge in [0, 0.05) is 18.0 Å². The van der Waals surface area contributed by atoms with E-state index in [2.05, 4.69) is 47.0 Å². The van der Waals surface area contributed by atoms with Crippen molar-refractivity contribution >= 4 is 32.4 Å². The number of thiazole rings is 1. The highest BCUT2D eigenvalue weighted by molar-refractivity contribution is 9.10. The Balaban J connectivity index is 2.66. The summed E-state index contributed by atoms with van der Waals surface area (Å²) in [6.07, 6.45) is 0.737. The van der Waals surface area contributed by atoms with Crippen LogP contribution in [0.3, 0.4) is 0 Å². The van der Waals surface area contributed by atoms with Gasteiger partial charge in [0.15, 0.2) is 5.13 Å². The second-order valence-electron chi connectivity index (χ2n) is 4.55. The molecule has 0 bridgehead atoms. The van der Waals surface area contributed by atoms with Crippen LogP contribution in [-0.2, 0) is 0 Å². The molecule has 0 aromatic carbocycles. The van der Waals surface area contributed by atoms with Crippen molar-refractivity contribution in [3.8, 4) is 0 Å². The minimum Gasteiger partial charge on any atom is -0.396 e. The molecule has 15 heavy (non-hydrogen) atoms. The molecule has 0 saturated heterocycles. The molecule has 0 radical (unpaired) electrons. The Hall–Kier alpha value is -0.130. The minimum atomic E-state index is 0.112. The van der Waals surface area contributed by atoms with Gasteiger partial charge in [-0.2, -0.15) is 0 Å². The largest absolute Gasteiger partial charge is 0.396 e. The van der Waals surface area contributed by atoms with Gasteiger partial charge in [-0.1, -0.05) is 20.8 Å². The summed E-state index contributed by atoms with van der Waals surface area (Å²) >= 11 is 4.89. The second-order valence-corrected chi connectivity index (χ2v) is 6.22. The summed E-state index contributed by atoms with van der Waals surface area (Å²) in [6, 6.07) is 0.237. The fourth-order valence-corrected chi connectivity index (χ4v) is 2.52. The molecule has 5 heteroatoms. The van der Waals surface area contributed by atoms with Gasteiger partial charge in [0.2, 0.25) is 0 Å². The van der Waals surface area contributed by atoms with Gasteiger partial charge in [0.1, 0.15) is 4.60 Å². The monoisotopic (exact) mass is 292 g/mol. The lowest BCUT2D eigenvalue weighted by molar-refractivity contribution is 0.235.